The van der Waals surface area contributed by atoms with Crippen molar-refractivity contribution in [2.24, 2.45) is 16.5 Å². The molecule has 3 rings (SSSR count). The quantitative estimate of drug-likeness (QED) is 0.127. The van der Waals surface area contributed by atoms with E-state index in [-0.39, 0.29) is 5.96 Å². The number of aliphatic carboxylic acids is 3. The number of aromatic nitrogens is 6. The van der Waals surface area contributed by atoms with Gasteiger partial charge in [0.1, 0.15) is 0 Å². The number of H-pyrrole nitrogens is 1. The minimum absolute atomic E-state index is 0.0958. The van der Waals surface area contributed by atoms with Crippen LogP contribution >= 0.6 is 0 Å². The minimum atomic E-state index is -5.08. The van der Waals surface area contributed by atoms with Crippen molar-refractivity contribution in [2.75, 3.05) is 6.54 Å². The van der Waals surface area contributed by atoms with Crippen LogP contribution in [-0.2, 0) is 27.3 Å². The van der Waals surface area contributed by atoms with E-state index in [1.807, 2.05) is 30.5 Å². The van der Waals surface area contributed by atoms with E-state index < -0.39 is 36.4 Å². The first-order chi connectivity index (χ1) is 20.1. The molecule has 0 saturated heterocycles. The van der Waals surface area contributed by atoms with Crippen molar-refractivity contribution >= 4 is 23.9 Å². The molecule has 0 unspecified atom stereocenters. The lowest BCUT2D eigenvalue weighted by Crippen LogP contribution is -2.23. The number of nitrogens with zero attached hydrogens (tertiary/aromatic N) is 6. The Morgan fingerprint density at radius 3 is 1.75 bits per heavy atom. The number of benzene rings is 1. The smallest absolute Gasteiger partial charge is 0.475 e. The zero-order valence-electron chi connectivity index (χ0n) is 21.4. The summed E-state index contributed by atoms with van der Waals surface area (Å²) in [5.41, 5.74) is 13.8. The SMILES string of the molecule is NC(N)=NCCc1cncn1Cc1ccccc1-c1nn[nH]n1.O=C(O)C(F)(F)F.O=C(O)C(F)(F)F.O=C(O)C(F)(F)F. The monoisotopic (exact) mass is 653 g/mol. The molecular formula is C20H20F9N9O6. The van der Waals surface area contributed by atoms with E-state index in [0.717, 1.165) is 16.8 Å². The maximum absolute atomic E-state index is 10.6. The van der Waals surface area contributed by atoms with Gasteiger partial charge in [0.25, 0.3) is 0 Å². The van der Waals surface area contributed by atoms with E-state index in [9.17, 15) is 39.5 Å². The normalized spacial score (nSPS) is 10.9. The number of rotatable bonds is 6. The van der Waals surface area contributed by atoms with Crippen LogP contribution in [0.5, 0.6) is 0 Å². The van der Waals surface area contributed by atoms with Crippen molar-refractivity contribution in [3.63, 3.8) is 0 Å². The molecule has 0 saturated carbocycles. The van der Waals surface area contributed by atoms with E-state index in [1.54, 1.807) is 6.33 Å². The second-order valence-electron chi connectivity index (χ2n) is 7.37. The van der Waals surface area contributed by atoms with Crippen LogP contribution in [0.3, 0.4) is 0 Å². The molecule has 1 aromatic carbocycles. The highest BCUT2D eigenvalue weighted by molar-refractivity contribution is 5.75. The Bertz CT molecular complexity index is 1310. The third-order valence-electron chi connectivity index (χ3n) is 4.13. The van der Waals surface area contributed by atoms with Gasteiger partial charge in [-0.3, -0.25) is 4.99 Å². The molecule has 0 fully saturated rings. The highest BCUT2D eigenvalue weighted by atomic mass is 19.4. The predicted molar refractivity (Wildman–Crippen MR) is 126 cm³/mol. The Morgan fingerprint density at radius 1 is 0.864 bits per heavy atom. The van der Waals surface area contributed by atoms with Gasteiger partial charge in [0, 0.05) is 37.0 Å². The third-order valence-corrected chi connectivity index (χ3v) is 4.13. The van der Waals surface area contributed by atoms with Crippen LogP contribution < -0.4 is 11.5 Å². The number of halogens is 9. The number of hydrogen-bond donors (Lipinski definition) is 6. The zero-order chi connectivity index (χ0) is 34.3. The molecule has 3 aromatic rings. The average molecular weight is 653 g/mol. The molecule has 0 atom stereocenters. The van der Waals surface area contributed by atoms with E-state index in [4.69, 9.17) is 41.2 Å². The summed E-state index contributed by atoms with van der Waals surface area (Å²) in [6, 6.07) is 7.93. The molecule has 8 N–H and O–H groups in total. The van der Waals surface area contributed by atoms with Crippen molar-refractivity contribution in [1.29, 1.82) is 0 Å². The fourth-order valence-corrected chi connectivity index (χ4v) is 2.33. The molecule has 15 nitrogen and oxygen atoms in total. The molecule has 2 aromatic heterocycles. The predicted octanol–water partition coefficient (Wildman–Crippen LogP) is 1.83. The molecule has 0 radical (unpaired) electrons. The first-order valence-corrected chi connectivity index (χ1v) is 10.8. The molecule has 244 valence electrons. The third kappa shape index (κ3) is 15.5. The van der Waals surface area contributed by atoms with E-state index in [0.29, 0.717) is 25.3 Å². The Balaban J connectivity index is 0.000000721. The number of nitrogens with two attached hydrogens (primary N) is 2. The van der Waals surface area contributed by atoms with E-state index in [2.05, 4.69) is 35.2 Å². The number of aromatic amines is 1. The first kappa shape index (κ1) is 38.5. The Hall–Kier alpha value is -5.45. The maximum Gasteiger partial charge on any atom is 0.490 e. The van der Waals surface area contributed by atoms with Crippen molar-refractivity contribution in [3.8, 4) is 11.4 Å². The molecule has 0 aliphatic carbocycles. The number of guanidine groups is 1. The van der Waals surface area contributed by atoms with Gasteiger partial charge in [0.2, 0.25) is 5.82 Å². The van der Waals surface area contributed by atoms with Gasteiger partial charge in [0.05, 0.1) is 6.33 Å². The van der Waals surface area contributed by atoms with Crippen molar-refractivity contribution in [1.82, 2.24) is 30.2 Å². The number of nitrogens with one attached hydrogen (secondary N) is 1. The molecule has 0 amide bonds. The van der Waals surface area contributed by atoms with Gasteiger partial charge in [0.15, 0.2) is 5.96 Å². The van der Waals surface area contributed by atoms with Crippen molar-refractivity contribution in [2.45, 2.75) is 31.5 Å². The molecule has 0 aliphatic heterocycles. The van der Waals surface area contributed by atoms with Crippen LogP contribution in [0.25, 0.3) is 11.4 Å². The highest BCUT2D eigenvalue weighted by Gasteiger charge is 2.39. The summed E-state index contributed by atoms with van der Waals surface area (Å²) in [7, 11) is 0. The van der Waals surface area contributed by atoms with Crippen molar-refractivity contribution in [3.05, 3.63) is 48.0 Å². The van der Waals surface area contributed by atoms with Gasteiger partial charge in [-0.25, -0.2) is 19.4 Å². The van der Waals surface area contributed by atoms with Crippen LogP contribution in [0.2, 0.25) is 0 Å². The Kier molecular flexibility index (Phi) is 14.8. The van der Waals surface area contributed by atoms with Gasteiger partial charge < -0.3 is 31.4 Å². The van der Waals surface area contributed by atoms with Crippen LogP contribution in [-0.4, -0.2) is 94.4 Å². The number of carboxylic acids is 3. The molecule has 24 heteroatoms. The minimum Gasteiger partial charge on any atom is -0.475 e. The second-order valence-corrected chi connectivity index (χ2v) is 7.37. The van der Waals surface area contributed by atoms with Gasteiger partial charge >= 0.3 is 36.4 Å². The van der Waals surface area contributed by atoms with E-state index in [1.165, 1.54) is 0 Å². The van der Waals surface area contributed by atoms with Gasteiger partial charge in [-0.15, -0.1) is 10.2 Å². The number of alkyl halides is 9. The topological polar surface area (TPSA) is 249 Å². The molecular weight excluding hydrogens is 633 g/mol. The lowest BCUT2D eigenvalue weighted by molar-refractivity contribution is -0.193. The standard InChI is InChI=1S/C14H17N9.3C2HF3O2/c15-14(16)18-6-5-11-7-17-9-23(11)8-10-3-1-2-4-12(10)13-19-21-22-20-13;3*3-2(4,5)1(6)7/h1-4,7,9H,5-6,8H2,(H4,15,16,18)(H,19,20,21,22);3*(H,6,7). The second kappa shape index (κ2) is 16.9. The summed E-state index contributed by atoms with van der Waals surface area (Å²) < 4.78 is 97.3. The van der Waals surface area contributed by atoms with Crippen LogP contribution in [0.1, 0.15) is 11.3 Å². The van der Waals surface area contributed by atoms with Crippen LogP contribution in [0.4, 0.5) is 39.5 Å². The molecule has 0 aliphatic rings. The molecule has 2 heterocycles. The van der Waals surface area contributed by atoms with E-state index >= 15 is 0 Å². The van der Waals surface area contributed by atoms with Gasteiger partial charge in [-0.05, 0) is 10.8 Å². The number of carboxylic acid groups (broad SMARTS) is 3. The van der Waals surface area contributed by atoms with Crippen LogP contribution in [0, 0.1) is 0 Å². The van der Waals surface area contributed by atoms with Gasteiger partial charge in [-0.2, -0.15) is 44.7 Å². The summed E-state index contributed by atoms with van der Waals surface area (Å²) in [5.74, 6) is -7.60. The van der Waals surface area contributed by atoms with Crippen LogP contribution in [0.15, 0.2) is 41.8 Å². The first-order valence-electron chi connectivity index (χ1n) is 10.8. The fourth-order valence-electron chi connectivity index (χ4n) is 2.33. The number of hydrogen-bond acceptors (Lipinski definition) is 8. The largest absolute Gasteiger partial charge is 0.490 e. The summed E-state index contributed by atoms with van der Waals surface area (Å²) in [4.78, 5) is 34.9. The summed E-state index contributed by atoms with van der Waals surface area (Å²) in [5, 5.41) is 35.6. The number of carbonyl (C=O) groups is 3. The summed E-state index contributed by atoms with van der Waals surface area (Å²) in [6.45, 7) is 1.18. The Labute approximate surface area is 238 Å². The number of imidazole rings is 1. The maximum atomic E-state index is 10.6. The summed E-state index contributed by atoms with van der Waals surface area (Å²) in [6.07, 6.45) is -10.9. The molecule has 0 bridgehead atoms. The molecule has 0 spiro atoms. The van der Waals surface area contributed by atoms with Gasteiger partial charge in [-0.1, -0.05) is 24.3 Å². The molecule has 44 heavy (non-hydrogen) atoms. The number of aliphatic imine (C=N–C) groups is 1. The Morgan fingerprint density at radius 2 is 1.34 bits per heavy atom. The number of tetrazole rings is 1. The van der Waals surface area contributed by atoms with Crippen molar-refractivity contribution < 1.29 is 69.2 Å². The highest BCUT2D eigenvalue weighted by Crippen LogP contribution is 2.21. The fraction of sp³-hybridized carbons (Fsp3) is 0.300. The zero-order valence-corrected chi connectivity index (χ0v) is 21.4. The lowest BCUT2D eigenvalue weighted by Gasteiger charge is -2.10. The average Bonchev–Trinajstić information content (AvgIpc) is 3.56. The summed E-state index contributed by atoms with van der Waals surface area (Å²) >= 11 is 0. The lowest BCUT2D eigenvalue weighted by atomic mass is 10.1.